The Kier molecular flexibility index (Phi) is 5.72. The number of hydrogen-bond acceptors (Lipinski definition) is 3. The van der Waals surface area contributed by atoms with E-state index in [1.54, 1.807) is 6.07 Å². The van der Waals surface area contributed by atoms with Crippen LogP contribution in [0.4, 0.5) is 0 Å². The van der Waals surface area contributed by atoms with Crippen LogP contribution in [0, 0.1) is 0 Å². The lowest BCUT2D eigenvalue weighted by molar-refractivity contribution is -0.136. The van der Waals surface area contributed by atoms with Gasteiger partial charge in [-0.1, -0.05) is 19.4 Å². The second kappa shape index (κ2) is 7.75. The number of aliphatic carboxylic acids is 1. The molecule has 0 radical (unpaired) electrons. The summed E-state index contributed by atoms with van der Waals surface area (Å²) >= 11 is 0. The van der Waals surface area contributed by atoms with Gasteiger partial charge in [0, 0.05) is 18.3 Å². The number of nitrogens with zero attached hydrogens (tertiary/aromatic N) is 1. The van der Waals surface area contributed by atoms with Gasteiger partial charge in [0.05, 0.1) is 13.0 Å². The predicted molar refractivity (Wildman–Crippen MR) is 84.0 cm³/mol. The minimum absolute atomic E-state index is 0.0121. The van der Waals surface area contributed by atoms with Crippen molar-refractivity contribution in [3.8, 4) is 0 Å². The molecule has 0 amide bonds. The number of carboxylic acids is 1. The lowest BCUT2D eigenvalue weighted by Crippen LogP contribution is -2.21. The van der Waals surface area contributed by atoms with E-state index in [2.05, 4.69) is 6.92 Å². The Morgan fingerprint density at radius 3 is 2.91 bits per heavy atom. The number of hydrogen-bond donors (Lipinski definition) is 1. The number of carbonyl (C=O) groups excluding carboxylic acids is 1. The zero-order valence-corrected chi connectivity index (χ0v) is 12.7. The highest BCUT2D eigenvalue weighted by Crippen LogP contribution is 2.19. The molecule has 1 unspecified atom stereocenters. The number of carboxylic acid groups (broad SMARTS) is 1. The molecule has 0 bridgehead atoms. The van der Waals surface area contributed by atoms with Gasteiger partial charge in [-0.05, 0) is 35.6 Å². The van der Waals surface area contributed by atoms with Crippen LogP contribution in [0.2, 0.25) is 0 Å². The van der Waals surface area contributed by atoms with Gasteiger partial charge in [0.2, 0.25) is 0 Å². The molecule has 1 aromatic carbocycles. The highest BCUT2D eigenvalue weighted by atomic mass is 16.5. The van der Waals surface area contributed by atoms with Crippen molar-refractivity contribution in [2.75, 3.05) is 6.61 Å². The SMILES string of the molecule is CCCCOC(C=O)Cn1ccc2cc(CC(=O)O)ccc21. The van der Waals surface area contributed by atoms with Crippen LogP contribution in [-0.4, -0.2) is 34.6 Å². The summed E-state index contributed by atoms with van der Waals surface area (Å²) in [7, 11) is 0. The molecule has 0 saturated carbocycles. The lowest BCUT2D eigenvalue weighted by Gasteiger charge is -2.13. The van der Waals surface area contributed by atoms with Gasteiger partial charge in [0.25, 0.3) is 0 Å². The lowest BCUT2D eigenvalue weighted by atomic mass is 10.1. The van der Waals surface area contributed by atoms with E-state index in [1.165, 1.54) is 0 Å². The summed E-state index contributed by atoms with van der Waals surface area (Å²) < 4.78 is 7.53. The van der Waals surface area contributed by atoms with Crippen molar-refractivity contribution in [2.24, 2.45) is 0 Å². The molecule has 1 heterocycles. The summed E-state index contributed by atoms with van der Waals surface area (Å²) in [5.74, 6) is -0.843. The molecule has 0 aliphatic rings. The van der Waals surface area contributed by atoms with E-state index in [1.807, 2.05) is 29.0 Å². The fourth-order valence-corrected chi connectivity index (χ4v) is 2.40. The van der Waals surface area contributed by atoms with Crippen LogP contribution in [0.3, 0.4) is 0 Å². The molecule has 5 nitrogen and oxygen atoms in total. The fraction of sp³-hybridized carbons (Fsp3) is 0.412. The molecule has 0 aliphatic carbocycles. The molecule has 2 rings (SSSR count). The van der Waals surface area contributed by atoms with E-state index >= 15 is 0 Å². The third-order valence-electron chi connectivity index (χ3n) is 3.55. The first-order chi connectivity index (χ1) is 10.6. The van der Waals surface area contributed by atoms with Crippen molar-refractivity contribution in [1.82, 2.24) is 4.57 Å². The van der Waals surface area contributed by atoms with Crippen LogP contribution in [0.25, 0.3) is 10.9 Å². The Bertz CT molecular complexity index is 647. The molecule has 2 aromatic rings. The van der Waals surface area contributed by atoms with Crippen molar-refractivity contribution in [3.05, 3.63) is 36.0 Å². The monoisotopic (exact) mass is 303 g/mol. The third kappa shape index (κ3) is 4.18. The number of aldehydes is 1. The summed E-state index contributed by atoms with van der Waals surface area (Å²) in [5.41, 5.74) is 1.74. The Hall–Kier alpha value is -2.14. The van der Waals surface area contributed by atoms with Crippen molar-refractivity contribution < 1.29 is 19.4 Å². The van der Waals surface area contributed by atoms with Crippen LogP contribution >= 0.6 is 0 Å². The normalized spacial score (nSPS) is 12.4. The van der Waals surface area contributed by atoms with Gasteiger partial charge in [0.1, 0.15) is 6.10 Å². The molecular formula is C17H21NO4. The summed E-state index contributed by atoms with van der Waals surface area (Å²) in [5, 5.41) is 9.81. The standard InChI is InChI=1S/C17H21NO4/c1-2-3-8-22-15(12-19)11-18-7-6-14-9-13(10-17(20)21)4-5-16(14)18/h4-7,9,12,15H,2-3,8,10-11H2,1H3,(H,20,21). The molecule has 0 aliphatic heterocycles. The predicted octanol–water partition coefficient (Wildman–Crippen LogP) is 2.65. The summed E-state index contributed by atoms with van der Waals surface area (Å²) in [4.78, 5) is 21.9. The molecule has 1 N–H and O–H groups in total. The first-order valence-corrected chi connectivity index (χ1v) is 7.50. The summed E-state index contributed by atoms with van der Waals surface area (Å²) in [6, 6.07) is 7.49. The van der Waals surface area contributed by atoms with Crippen LogP contribution in [0.5, 0.6) is 0 Å². The quantitative estimate of drug-likeness (QED) is 0.571. The molecule has 118 valence electrons. The number of rotatable bonds is 9. The molecule has 22 heavy (non-hydrogen) atoms. The average molecular weight is 303 g/mol. The van der Waals surface area contributed by atoms with Gasteiger partial charge in [-0.2, -0.15) is 0 Å². The number of carbonyl (C=O) groups is 2. The number of aromatic nitrogens is 1. The summed E-state index contributed by atoms with van der Waals surface area (Å²) in [6.45, 7) is 3.13. The molecule has 0 spiro atoms. The topological polar surface area (TPSA) is 68.5 Å². The zero-order valence-electron chi connectivity index (χ0n) is 12.7. The first-order valence-electron chi connectivity index (χ1n) is 7.50. The molecule has 0 saturated heterocycles. The van der Waals surface area contributed by atoms with E-state index in [-0.39, 0.29) is 6.42 Å². The number of benzene rings is 1. The van der Waals surface area contributed by atoms with Gasteiger partial charge in [0.15, 0.2) is 6.29 Å². The van der Waals surface area contributed by atoms with Crippen LogP contribution in [-0.2, 0) is 27.3 Å². The van der Waals surface area contributed by atoms with Crippen LogP contribution in [0.15, 0.2) is 30.5 Å². The second-order valence-corrected chi connectivity index (χ2v) is 5.33. The highest BCUT2D eigenvalue weighted by Gasteiger charge is 2.11. The summed E-state index contributed by atoms with van der Waals surface area (Å²) in [6.07, 6.45) is 4.26. The van der Waals surface area contributed by atoms with Crippen molar-refractivity contribution in [2.45, 2.75) is 38.8 Å². The second-order valence-electron chi connectivity index (χ2n) is 5.33. The van der Waals surface area contributed by atoms with Crippen molar-refractivity contribution in [3.63, 3.8) is 0 Å². The van der Waals surface area contributed by atoms with E-state index in [4.69, 9.17) is 9.84 Å². The Labute approximate surface area is 129 Å². The largest absolute Gasteiger partial charge is 0.481 e. The first kappa shape index (κ1) is 16.2. The minimum Gasteiger partial charge on any atom is -0.481 e. The molecule has 0 fully saturated rings. The number of unbranched alkanes of at least 4 members (excludes halogenated alkanes) is 1. The molecule has 5 heteroatoms. The maximum absolute atomic E-state index is 11.1. The molecule has 1 atom stereocenters. The van der Waals surface area contributed by atoms with Gasteiger partial charge < -0.3 is 19.2 Å². The van der Waals surface area contributed by atoms with Crippen LogP contribution < -0.4 is 0 Å². The van der Waals surface area contributed by atoms with Gasteiger partial charge in [-0.3, -0.25) is 4.79 Å². The smallest absolute Gasteiger partial charge is 0.307 e. The fourth-order valence-electron chi connectivity index (χ4n) is 2.40. The van der Waals surface area contributed by atoms with Gasteiger partial charge in [-0.15, -0.1) is 0 Å². The average Bonchev–Trinajstić information content (AvgIpc) is 2.88. The van der Waals surface area contributed by atoms with Crippen LogP contribution in [0.1, 0.15) is 25.3 Å². The van der Waals surface area contributed by atoms with E-state index in [0.717, 1.165) is 35.6 Å². The maximum Gasteiger partial charge on any atom is 0.307 e. The highest BCUT2D eigenvalue weighted by molar-refractivity contribution is 5.82. The van der Waals surface area contributed by atoms with E-state index in [9.17, 15) is 9.59 Å². The minimum atomic E-state index is -0.843. The number of fused-ring (bicyclic) bond motifs is 1. The third-order valence-corrected chi connectivity index (χ3v) is 3.55. The van der Waals surface area contributed by atoms with Gasteiger partial charge >= 0.3 is 5.97 Å². The van der Waals surface area contributed by atoms with E-state index < -0.39 is 12.1 Å². The van der Waals surface area contributed by atoms with E-state index in [0.29, 0.717) is 13.2 Å². The Balaban J connectivity index is 2.11. The zero-order chi connectivity index (χ0) is 15.9. The van der Waals surface area contributed by atoms with Crippen molar-refractivity contribution >= 4 is 23.2 Å². The Morgan fingerprint density at radius 1 is 1.41 bits per heavy atom. The number of ether oxygens (including phenoxy) is 1. The van der Waals surface area contributed by atoms with Crippen molar-refractivity contribution in [1.29, 1.82) is 0 Å². The Morgan fingerprint density at radius 2 is 2.23 bits per heavy atom. The molecular weight excluding hydrogens is 282 g/mol. The maximum atomic E-state index is 11.1. The van der Waals surface area contributed by atoms with Gasteiger partial charge in [-0.25, -0.2) is 0 Å². The molecule has 1 aromatic heterocycles.